The van der Waals surface area contributed by atoms with Crippen LogP contribution in [0.3, 0.4) is 0 Å². The summed E-state index contributed by atoms with van der Waals surface area (Å²) in [6, 6.07) is 18.2. The molecule has 0 unspecified atom stereocenters. The molecule has 0 saturated heterocycles. The van der Waals surface area contributed by atoms with Gasteiger partial charge < -0.3 is 41.0 Å². The van der Waals surface area contributed by atoms with Gasteiger partial charge in [-0.25, -0.2) is 9.59 Å². The maximum absolute atomic E-state index is 11.7. The van der Waals surface area contributed by atoms with Crippen LogP contribution < -0.4 is 15.5 Å². The van der Waals surface area contributed by atoms with Crippen molar-refractivity contribution in [3.63, 3.8) is 0 Å². The van der Waals surface area contributed by atoms with Gasteiger partial charge in [-0.05, 0) is 61.2 Å². The second-order valence-corrected chi connectivity index (χ2v) is 12.0. The monoisotopic (exact) mass is 744 g/mol. The molecule has 276 valence electrons. The fraction of sp³-hybridized carbons (Fsp3) is 0.303. The van der Waals surface area contributed by atoms with Gasteiger partial charge in [0, 0.05) is 35.8 Å². The summed E-state index contributed by atoms with van der Waals surface area (Å²) in [7, 11) is 0. The van der Waals surface area contributed by atoms with E-state index in [-0.39, 0.29) is 10.6 Å². The van der Waals surface area contributed by atoms with Crippen LogP contribution in [0.2, 0.25) is 0 Å². The molecule has 18 heteroatoms. The third-order valence-corrected chi connectivity index (χ3v) is 8.22. The van der Waals surface area contributed by atoms with Gasteiger partial charge in [0.1, 0.15) is 11.3 Å². The number of aromatic nitrogens is 2. The van der Waals surface area contributed by atoms with Crippen molar-refractivity contribution >= 4 is 44.4 Å². The minimum absolute atomic E-state index is 0.0141. The van der Waals surface area contributed by atoms with Crippen molar-refractivity contribution in [2.75, 3.05) is 19.6 Å². The highest BCUT2D eigenvalue weighted by molar-refractivity contribution is 7.16. The number of carboxylic acid groups (broad SMARTS) is 2. The number of hydrogen-bond acceptors (Lipinski definition) is 8. The highest BCUT2D eigenvalue weighted by Gasteiger charge is 2.38. The molecule has 0 bridgehead atoms. The number of thiazole rings is 1. The number of aryl methyl sites for hydroxylation is 1. The summed E-state index contributed by atoms with van der Waals surface area (Å²) in [5.74, 6) is -5.50. The highest BCUT2D eigenvalue weighted by atomic mass is 32.1. The van der Waals surface area contributed by atoms with E-state index in [1.165, 1.54) is 39.2 Å². The number of aliphatic carboxylic acids is 2. The van der Waals surface area contributed by atoms with Gasteiger partial charge in [-0.15, -0.1) is 0 Å². The largest absolute Gasteiger partial charge is 0.506 e. The van der Waals surface area contributed by atoms with Crippen LogP contribution in [-0.4, -0.2) is 74.3 Å². The van der Waals surface area contributed by atoms with Crippen LogP contribution in [-0.2, 0) is 29.0 Å². The highest BCUT2D eigenvalue weighted by Crippen LogP contribution is 2.31. The molecular weight excluding hydrogens is 710 g/mol. The Balaban J connectivity index is 0.000000424. The number of halogens is 6. The SMILES string of the molecule is Cc1cccc2c(CCNCc3ccc(CCNC[C@H](O)c4ccc(O)c5[nH]c(=O)sc45)cc3)c[nH]c12.O=C(O)C(F)(F)F.O=C(O)C(F)(F)F. The summed E-state index contributed by atoms with van der Waals surface area (Å²) in [5, 5.41) is 42.9. The predicted molar refractivity (Wildman–Crippen MR) is 178 cm³/mol. The number of carbonyl (C=O) groups is 2. The molecule has 0 spiro atoms. The first-order chi connectivity index (χ1) is 23.9. The first-order valence-corrected chi connectivity index (χ1v) is 15.9. The third-order valence-electron chi connectivity index (χ3n) is 7.29. The molecule has 0 amide bonds. The Labute approximate surface area is 289 Å². The number of hydrogen-bond donors (Lipinski definition) is 8. The molecular formula is C33H34F6N4O7S. The van der Waals surface area contributed by atoms with Crippen LogP contribution in [0.4, 0.5) is 26.3 Å². The third kappa shape index (κ3) is 12.1. The van der Waals surface area contributed by atoms with E-state index >= 15 is 0 Å². The number of nitrogens with one attached hydrogen (secondary N) is 4. The Hall–Kier alpha value is -4.91. The van der Waals surface area contributed by atoms with Crippen LogP contribution in [0.15, 0.2) is 65.6 Å². The standard InChI is InChI=1S/C29H32N4O3S.2C2HF3O2/c1-18-3-2-4-22-21(16-32-26(18)22)12-14-30-15-20-7-5-19(6-8-20)11-13-31-17-25(35)23-9-10-24(34)27-28(23)37-29(36)33-27;2*3-2(4,5)1(6)7/h2-10,16,25,30-32,34-35H,11-15,17H2,1H3,(H,33,36);2*(H,6,7)/t25-;;/m0../s1. The Morgan fingerprint density at radius 3 is 2.04 bits per heavy atom. The van der Waals surface area contributed by atoms with Crippen molar-refractivity contribution < 1.29 is 56.4 Å². The van der Waals surface area contributed by atoms with Crippen molar-refractivity contribution in [2.24, 2.45) is 0 Å². The lowest BCUT2D eigenvalue weighted by Crippen LogP contribution is -2.23. The number of aliphatic hydroxyl groups excluding tert-OH is 1. The van der Waals surface area contributed by atoms with Crippen LogP contribution in [0, 0.1) is 6.92 Å². The Kier molecular flexibility index (Phi) is 14.2. The summed E-state index contributed by atoms with van der Waals surface area (Å²) < 4.78 is 64.1. The number of aromatic amines is 2. The van der Waals surface area contributed by atoms with Crippen LogP contribution in [0.5, 0.6) is 5.75 Å². The van der Waals surface area contributed by atoms with Gasteiger partial charge >= 0.3 is 29.2 Å². The van der Waals surface area contributed by atoms with E-state index in [1.54, 1.807) is 6.07 Å². The molecule has 0 aliphatic carbocycles. The normalized spacial score (nSPS) is 12.2. The summed E-state index contributed by atoms with van der Waals surface area (Å²) in [4.78, 5) is 35.2. The molecule has 0 saturated carbocycles. The van der Waals surface area contributed by atoms with Crippen LogP contribution >= 0.6 is 11.3 Å². The van der Waals surface area contributed by atoms with E-state index in [0.717, 1.165) is 43.8 Å². The average Bonchev–Trinajstić information content (AvgIpc) is 3.66. The first-order valence-electron chi connectivity index (χ1n) is 15.1. The van der Waals surface area contributed by atoms with Gasteiger partial charge in [0.15, 0.2) is 0 Å². The van der Waals surface area contributed by atoms with E-state index < -0.39 is 30.4 Å². The Morgan fingerprint density at radius 1 is 0.843 bits per heavy atom. The fourth-order valence-corrected chi connectivity index (χ4v) is 5.65. The van der Waals surface area contributed by atoms with Gasteiger partial charge in [0.05, 0.1) is 10.8 Å². The zero-order valence-electron chi connectivity index (χ0n) is 26.8. The number of alkyl halides is 6. The summed E-state index contributed by atoms with van der Waals surface area (Å²) in [6.45, 7) is 4.97. The number of aromatic hydroxyl groups is 1. The van der Waals surface area contributed by atoms with Crippen molar-refractivity contribution in [1.29, 1.82) is 0 Å². The lowest BCUT2D eigenvalue weighted by Gasteiger charge is -2.13. The molecule has 11 nitrogen and oxygen atoms in total. The van der Waals surface area contributed by atoms with E-state index in [0.29, 0.717) is 22.3 Å². The molecule has 51 heavy (non-hydrogen) atoms. The number of rotatable bonds is 11. The average molecular weight is 745 g/mol. The number of benzene rings is 3. The fourth-order valence-electron chi connectivity index (χ4n) is 4.73. The molecule has 0 fully saturated rings. The summed E-state index contributed by atoms with van der Waals surface area (Å²) >= 11 is 1.00. The summed E-state index contributed by atoms with van der Waals surface area (Å²) in [5.41, 5.74) is 7.36. The maximum atomic E-state index is 11.7. The minimum atomic E-state index is -5.08. The molecule has 8 N–H and O–H groups in total. The van der Waals surface area contributed by atoms with Gasteiger partial charge in [-0.2, -0.15) is 26.3 Å². The van der Waals surface area contributed by atoms with Crippen molar-refractivity contribution in [3.8, 4) is 5.75 Å². The second-order valence-electron chi connectivity index (χ2n) is 11.0. The van der Waals surface area contributed by atoms with Gasteiger partial charge in [-0.3, -0.25) is 4.79 Å². The molecule has 0 aliphatic heterocycles. The number of fused-ring (bicyclic) bond motifs is 2. The maximum Gasteiger partial charge on any atom is 0.490 e. The van der Waals surface area contributed by atoms with Gasteiger partial charge in [-0.1, -0.05) is 59.9 Å². The van der Waals surface area contributed by atoms with Crippen LogP contribution in [0.1, 0.15) is 33.9 Å². The molecule has 1 atom stereocenters. The molecule has 3 aromatic carbocycles. The smallest absolute Gasteiger partial charge is 0.490 e. The number of phenols is 1. The van der Waals surface area contributed by atoms with E-state index in [1.807, 2.05) is 0 Å². The van der Waals surface area contributed by atoms with Crippen molar-refractivity contribution in [1.82, 2.24) is 20.6 Å². The quantitative estimate of drug-likeness (QED) is 0.0634. The van der Waals surface area contributed by atoms with Crippen molar-refractivity contribution in [3.05, 3.63) is 98.3 Å². The van der Waals surface area contributed by atoms with E-state index in [9.17, 15) is 41.4 Å². The Morgan fingerprint density at radius 2 is 1.43 bits per heavy atom. The molecule has 0 radical (unpaired) electrons. The molecule has 2 heterocycles. The lowest BCUT2D eigenvalue weighted by molar-refractivity contribution is -0.193. The van der Waals surface area contributed by atoms with Crippen molar-refractivity contribution in [2.45, 2.75) is 44.8 Å². The minimum Gasteiger partial charge on any atom is -0.506 e. The van der Waals surface area contributed by atoms with E-state index in [4.69, 9.17) is 19.8 Å². The number of carboxylic acids is 2. The number of aliphatic hydroxyl groups is 1. The molecule has 2 aromatic heterocycles. The number of para-hydroxylation sites is 1. The molecule has 0 aliphatic rings. The zero-order valence-corrected chi connectivity index (χ0v) is 27.6. The van der Waals surface area contributed by atoms with Gasteiger partial charge in [0.2, 0.25) is 0 Å². The molecule has 5 rings (SSSR count). The topological polar surface area (TPSA) is 188 Å². The summed E-state index contributed by atoms with van der Waals surface area (Å²) in [6.07, 6.45) is -6.98. The van der Waals surface area contributed by atoms with E-state index in [2.05, 4.69) is 76.2 Å². The first kappa shape index (κ1) is 40.5. The lowest BCUT2D eigenvalue weighted by atomic mass is 10.1. The number of phenolic OH excluding ortho intramolecular Hbond substituents is 1. The zero-order chi connectivity index (χ0) is 37.9. The second kappa shape index (κ2) is 17.8. The van der Waals surface area contributed by atoms with Gasteiger partial charge in [0.25, 0.3) is 0 Å². The molecule has 5 aromatic rings. The Bertz CT molecular complexity index is 1950. The van der Waals surface area contributed by atoms with Crippen LogP contribution in [0.25, 0.3) is 21.1 Å². The predicted octanol–water partition coefficient (Wildman–Crippen LogP) is 5.55. The number of H-pyrrole nitrogens is 2.